The van der Waals surface area contributed by atoms with E-state index in [9.17, 15) is 14.9 Å². The highest BCUT2D eigenvalue weighted by Crippen LogP contribution is 2.23. The Morgan fingerprint density at radius 1 is 1.77 bits per heavy atom. The minimum absolute atomic E-state index is 0.175. The molecule has 0 radical (unpaired) electrons. The largest absolute Gasteiger partial charge is 0.465 e. The Hall–Kier alpha value is -0.850. The van der Waals surface area contributed by atoms with Crippen molar-refractivity contribution < 1.29 is 14.8 Å². The van der Waals surface area contributed by atoms with Gasteiger partial charge in [0.15, 0.2) is 0 Å². The van der Waals surface area contributed by atoms with Crippen molar-refractivity contribution in [2.75, 3.05) is 13.6 Å². The topological polar surface area (TPSA) is 83.7 Å². The Kier molecular flexibility index (Phi) is 4.12. The van der Waals surface area contributed by atoms with Crippen LogP contribution < -0.4 is 0 Å². The van der Waals surface area contributed by atoms with Crippen molar-refractivity contribution in [1.82, 2.24) is 4.90 Å². The second-order valence-corrected chi connectivity index (χ2v) is 4.14. The Labute approximate surface area is 83.8 Å². The fraction of sp³-hybridized carbons (Fsp3) is 0.833. The van der Waals surface area contributed by atoms with E-state index in [4.69, 9.17) is 5.11 Å². The van der Waals surface area contributed by atoms with Gasteiger partial charge in [0.25, 0.3) is 4.45 Å². The van der Waals surface area contributed by atoms with Crippen molar-refractivity contribution >= 4 is 22.0 Å². The number of amides is 1. The number of nitro groups is 1. The smallest absolute Gasteiger partial charge is 0.407 e. The number of carboxylic acid groups (broad SMARTS) is 1. The van der Waals surface area contributed by atoms with Gasteiger partial charge in [-0.3, -0.25) is 10.1 Å². The molecule has 1 atom stereocenters. The third-order valence-corrected chi connectivity index (χ3v) is 2.78. The third kappa shape index (κ3) is 3.17. The summed E-state index contributed by atoms with van der Waals surface area (Å²) in [6.07, 6.45) is -0.962. The molecule has 1 N–H and O–H groups in total. The van der Waals surface area contributed by atoms with Gasteiger partial charge in [-0.2, -0.15) is 0 Å². The molecule has 0 aromatic rings. The molecule has 0 rings (SSSR count). The lowest BCUT2D eigenvalue weighted by atomic mass is 10.2. The van der Waals surface area contributed by atoms with Crippen molar-refractivity contribution in [3.8, 4) is 0 Å². The minimum Gasteiger partial charge on any atom is -0.465 e. The summed E-state index contributed by atoms with van der Waals surface area (Å²) in [5.74, 6) is 0. The fourth-order valence-electron chi connectivity index (χ4n) is 0.730. The predicted molar refractivity (Wildman–Crippen MR) is 49.6 cm³/mol. The average molecular weight is 255 g/mol. The summed E-state index contributed by atoms with van der Waals surface area (Å²) in [5.41, 5.74) is 0. The summed E-state index contributed by atoms with van der Waals surface area (Å²) in [7, 11) is 1.29. The van der Waals surface area contributed by atoms with E-state index in [1.165, 1.54) is 7.05 Å². The number of hydrogen-bond donors (Lipinski definition) is 1. The van der Waals surface area contributed by atoms with Crippen LogP contribution in [0.5, 0.6) is 0 Å². The highest BCUT2D eigenvalue weighted by Gasteiger charge is 2.39. The highest BCUT2D eigenvalue weighted by molar-refractivity contribution is 9.10. The van der Waals surface area contributed by atoms with Crippen LogP contribution in [0.25, 0.3) is 0 Å². The van der Waals surface area contributed by atoms with Gasteiger partial charge in [-0.1, -0.05) is 6.92 Å². The quantitative estimate of drug-likeness (QED) is 0.356. The number of rotatable bonds is 4. The molecule has 7 heteroatoms. The zero-order valence-electron chi connectivity index (χ0n) is 7.36. The molecule has 0 aliphatic carbocycles. The number of carbonyl (C=O) groups is 1. The molecule has 1 amide bonds. The van der Waals surface area contributed by atoms with Crippen molar-refractivity contribution in [1.29, 1.82) is 0 Å². The van der Waals surface area contributed by atoms with Crippen LogP contribution in [-0.4, -0.2) is 39.1 Å². The van der Waals surface area contributed by atoms with Gasteiger partial charge in [0.2, 0.25) is 0 Å². The van der Waals surface area contributed by atoms with Crippen LogP contribution in [0, 0.1) is 10.1 Å². The SMILES string of the molecule is CCC(Br)(CN(C)C(=O)O)[N+](=O)[O-]. The summed E-state index contributed by atoms with van der Waals surface area (Å²) in [6, 6.07) is 0. The van der Waals surface area contributed by atoms with Gasteiger partial charge >= 0.3 is 6.09 Å². The Morgan fingerprint density at radius 3 is 2.46 bits per heavy atom. The molecule has 0 aromatic heterocycles. The first-order valence-corrected chi connectivity index (χ1v) is 4.40. The zero-order chi connectivity index (χ0) is 10.6. The van der Waals surface area contributed by atoms with E-state index in [1.54, 1.807) is 6.92 Å². The zero-order valence-corrected chi connectivity index (χ0v) is 8.94. The van der Waals surface area contributed by atoms with Gasteiger partial charge in [0, 0.05) is 34.3 Å². The number of halogens is 1. The maximum Gasteiger partial charge on any atom is 0.407 e. The second kappa shape index (κ2) is 4.40. The maximum atomic E-state index is 10.5. The number of hydrogen-bond acceptors (Lipinski definition) is 3. The van der Waals surface area contributed by atoms with E-state index < -0.39 is 15.5 Å². The van der Waals surface area contributed by atoms with E-state index >= 15 is 0 Å². The van der Waals surface area contributed by atoms with E-state index in [-0.39, 0.29) is 13.0 Å². The molecule has 0 spiro atoms. The van der Waals surface area contributed by atoms with Crippen LogP contribution in [0.3, 0.4) is 0 Å². The van der Waals surface area contributed by atoms with Gasteiger partial charge in [0.05, 0.1) is 0 Å². The molecule has 0 saturated heterocycles. The molecule has 0 aliphatic rings. The van der Waals surface area contributed by atoms with E-state index in [1.807, 2.05) is 0 Å². The summed E-state index contributed by atoms with van der Waals surface area (Å²) >= 11 is 2.91. The molecule has 0 aromatic carbocycles. The van der Waals surface area contributed by atoms with E-state index in [0.29, 0.717) is 0 Å². The Morgan fingerprint density at radius 2 is 2.23 bits per heavy atom. The molecule has 0 fully saturated rings. The number of likely N-dealkylation sites (N-methyl/N-ethyl adjacent to an activating group) is 1. The van der Waals surface area contributed by atoms with Gasteiger partial charge in [-0.05, 0) is 0 Å². The first-order chi connectivity index (χ1) is 5.83. The maximum absolute atomic E-state index is 10.5. The molecule has 76 valence electrons. The van der Waals surface area contributed by atoms with Crippen LogP contribution in [0.1, 0.15) is 13.3 Å². The van der Waals surface area contributed by atoms with Gasteiger partial charge in [-0.25, -0.2) is 4.79 Å². The summed E-state index contributed by atoms with van der Waals surface area (Å²) < 4.78 is -1.37. The second-order valence-electron chi connectivity index (χ2n) is 2.67. The fourth-order valence-corrected chi connectivity index (χ4v) is 1.11. The lowest BCUT2D eigenvalue weighted by molar-refractivity contribution is -0.535. The Bertz CT molecular complexity index is 223. The lowest BCUT2D eigenvalue weighted by Crippen LogP contribution is -2.44. The third-order valence-electron chi connectivity index (χ3n) is 1.67. The summed E-state index contributed by atoms with van der Waals surface area (Å²) in [6.45, 7) is 1.44. The molecule has 6 nitrogen and oxygen atoms in total. The van der Waals surface area contributed by atoms with Crippen LogP contribution >= 0.6 is 15.9 Å². The molecular formula is C6H11BrN2O4. The van der Waals surface area contributed by atoms with Crippen molar-refractivity contribution in [2.24, 2.45) is 0 Å². The first kappa shape index (κ1) is 12.2. The normalized spacial score (nSPS) is 14.7. The molecular weight excluding hydrogens is 244 g/mol. The van der Waals surface area contributed by atoms with Crippen molar-refractivity contribution in [2.45, 2.75) is 17.8 Å². The van der Waals surface area contributed by atoms with Crippen LogP contribution in [0.4, 0.5) is 4.79 Å². The molecule has 0 bridgehead atoms. The van der Waals surface area contributed by atoms with Gasteiger partial charge in [0.1, 0.15) is 6.54 Å². The average Bonchev–Trinajstić information content (AvgIpc) is 2.03. The standard InChI is InChI=1S/C6H11BrN2O4/c1-3-6(7,9(12)13)4-8(2)5(10)11/h3-4H2,1-2H3,(H,10,11). The monoisotopic (exact) mass is 254 g/mol. The molecule has 0 saturated carbocycles. The highest BCUT2D eigenvalue weighted by atomic mass is 79.9. The molecule has 13 heavy (non-hydrogen) atoms. The summed E-state index contributed by atoms with van der Waals surface area (Å²) in [5, 5.41) is 19.1. The predicted octanol–water partition coefficient (Wildman–Crippen LogP) is 1.37. The van der Waals surface area contributed by atoms with Crippen molar-refractivity contribution in [3.05, 3.63) is 10.1 Å². The number of alkyl halides is 1. The first-order valence-electron chi connectivity index (χ1n) is 3.61. The minimum atomic E-state index is -1.37. The molecule has 0 aliphatic heterocycles. The number of nitrogens with zero attached hydrogens (tertiary/aromatic N) is 2. The van der Waals surface area contributed by atoms with Gasteiger partial charge in [-0.15, -0.1) is 0 Å². The van der Waals surface area contributed by atoms with E-state index in [2.05, 4.69) is 15.9 Å². The lowest BCUT2D eigenvalue weighted by Gasteiger charge is -2.21. The van der Waals surface area contributed by atoms with Crippen LogP contribution in [-0.2, 0) is 0 Å². The summed E-state index contributed by atoms with van der Waals surface area (Å²) in [4.78, 5) is 21.3. The van der Waals surface area contributed by atoms with E-state index in [0.717, 1.165) is 4.90 Å². The van der Waals surface area contributed by atoms with Crippen molar-refractivity contribution in [3.63, 3.8) is 0 Å². The van der Waals surface area contributed by atoms with Crippen LogP contribution in [0.2, 0.25) is 0 Å². The molecule has 0 heterocycles. The van der Waals surface area contributed by atoms with Gasteiger partial charge < -0.3 is 10.0 Å². The molecule has 1 unspecified atom stereocenters. The Balaban J connectivity index is 4.45. The van der Waals surface area contributed by atoms with Crippen LogP contribution in [0.15, 0.2) is 0 Å².